The Balaban J connectivity index is 2.44. The number of nitrogens with one attached hydrogen (secondary N) is 3. The van der Waals surface area contributed by atoms with E-state index < -0.39 is 11.1 Å². The molecular weight excluding hydrogens is 412 g/mol. The lowest BCUT2D eigenvalue weighted by Gasteiger charge is -2.21. The van der Waals surface area contributed by atoms with Gasteiger partial charge in [0.1, 0.15) is 6.04 Å². The number of nitro groups is 1. The summed E-state index contributed by atoms with van der Waals surface area (Å²) in [4.78, 5) is 39.3. The summed E-state index contributed by atoms with van der Waals surface area (Å²) in [5.74, 6) is 0.558. The van der Waals surface area contributed by atoms with Crippen LogP contribution >= 0.6 is 0 Å². The number of hydrazine groups is 1. The first-order chi connectivity index (χ1) is 15.3. The van der Waals surface area contributed by atoms with Crippen LogP contribution in [0.25, 0.3) is 0 Å². The van der Waals surface area contributed by atoms with E-state index in [1.165, 1.54) is 38.5 Å². The van der Waals surface area contributed by atoms with Crippen LogP contribution in [0.5, 0.6) is 0 Å². The van der Waals surface area contributed by atoms with Gasteiger partial charge in [0.2, 0.25) is 11.8 Å². The molecule has 0 radical (unpaired) electrons. The number of carbonyl (C=O) groups is 2. The SMILES string of the molecule is CCC(C)CNC(=O)[C@H](CCCN=C(N)N[N+](=O)[O-])NC(=O)CCCCC1CCCCC1. The van der Waals surface area contributed by atoms with E-state index in [0.29, 0.717) is 31.7 Å². The Morgan fingerprint density at radius 3 is 2.56 bits per heavy atom. The lowest BCUT2D eigenvalue weighted by atomic mass is 9.85. The molecule has 1 aliphatic rings. The molecular formula is C22H42N6O4. The molecule has 1 rings (SSSR count). The summed E-state index contributed by atoms with van der Waals surface area (Å²) in [7, 11) is 0. The Labute approximate surface area is 191 Å². The van der Waals surface area contributed by atoms with Crippen LogP contribution in [-0.4, -0.2) is 41.9 Å². The van der Waals surface area contributed by atoms with Gasteiger partial charge in [-0.15, -0.1) is 0 Å². The van der Waals surface area contributed by atoms with Gasteiger partial charge >= 0.3 is 0 Å². The Bertz CT molecular complexity index is 607. The highest BCUT2D eigenvalue weighted by atomic mass is 16.7. The van der Waals surface area contributed by atoms with Crippen LogP contribution in [0, 0.1) is 22.0 Å². The number of rotatable bonds is 15. The third-order valence-electron chi connectivity index (χ3n) is 6.10. The van der Waals surface area contributed by atoms with Crippen LogP contribution in [0.4, 0.5) is 0 Å². The van der Waals surface area contributed by atoms with Gasteiger partial charge in [-0.3, -0.25) is 9.59 Å². The minimum atomic E-state index is -0.779. The molecule has 0 aromatic heterocycles. The molecule has 10 heteroatoms. The molecule has 1 aliphatic carbocycles. The van der Waals surface area contributed by atoms with Crippen molar-refractivity contribution in [2.45, 2.75) is 96.9 Å². The first-order valence-corrected chi connectivity index (χ1v) is 12.1. The summed E-state index contributed by atoms with van der Waals surface area (Å²) in [5.41, 5.74) is 7.18. The summed E-state index contributed by atoms with van der Waals surface area (Å²) in [6, 6.07) is -0.648. The molecule has 0 heterocycles. The first kappa shape index (κ1) is 27.6. The predicted octanol–water partition coefficient (Wildman–Crippen LogP) is 2.65. The van der Waals surface area contributed by atoms with Gasteiger partial charge in [0.05, 0.1) is 0 Å². The molecule has 2 atom stereocenters. The quantitative estimate of drug-likeness (QED) is 0.0981. The van der Waals surface area contributed by atoms with Crippen molar-refractivity contribution in [1.29, 1.82) is 0 Å². The number of amides is 2. The second-order valence-electron chi connectivity index (χ2n) is 8.91. The van der Waals surface area contributed by atoms with Crippen molar-refractivity contribution >= 4 is 17.8 Å². The molecule has 32 heavy (non-hydrogen) atoms. The van der Waals surface area contributed by atoms with Crippen LogP contribution in [0.15, 0.2) is 4.99 Å². The predicted molar refractivity (Wildman–Crippen MR) is 125 cm³/mol. The van der Waals surface area contributed by atoms with Crippen LogP contribution in [0.2, 0.25) is 0 Å². The van der Waals surface area contributed by atoms with Gasteiger partial charge in [0, 0.05) is 19.5 Å². The minimum absolute atomic E-state index is 0.115. The number of hydrogen-bond acceptors (Lipinski definition) is 5. The Morgan fingerprint density at radius 1 is 1.19 bits per heavy atom. The van der Waals surface area contributed by atoms with Crippen molar-refractivity contribution in [1.82, 2.24) is 16.1 Å². The number of guanidine groups is 1. The fraction of sp³-hybridized carbons (Fsp3) is 0.864. The molecule has 0 aromatic carbocycles. The zero-order valence-electron chi connectivity index (χ0n) is 19.7. The Hall–Kier alpha value is -2.39. The van der Waals surface area contributed by atoms with Crippen molar-refractivity contribution in [2.75, 3.05) is 13.1 Å². The zero-order chi connectivity index (χ0) is 23.8. The molecule has 184 valence electrons. The molecule has 1 unspecified atom stereocenters. The number of nitrogens with zero attached hydrogens (tertiary/aromatic N) is 2. The monoisotopic (exact) mass is 454 g/mol. The molecule has 0 saturated heterocycles. The van der Waals surface area contributed by atoms with Gasteiger partial charge < -0.3 is 16.4 Å². The van der Waals surface area contributed by atoms with Crippen molar-refractivity contribution < 1.29 is 14.6 Å². The van der Waals surface area contributed by atoms with Gasteiger partial charge in [-0.2, -0.15) is 0 Å². The third-order valence-corrected chi connectivity index (χ3v) is 6.10. The number of unbranched alkanes of at least 4 members (excludes halogenated alkanes) is 1. The fourth-order valence-electron chi connectivity index (χ4n) is 3.90. The van der Waals surface area contributed by atoms with Gasteiger partial charge in [0.15, 0.2) is 5.03 Å². The summed E-state index contributed by atoms with van der Waals surface area (Å²) >= 11 is 0. The second kappa shape index (κ2) is 16.3. The van der Waals surface area contributed by atoms with Gasteiger partial charge in [-0.05, 0) is 31.1 Å². The highest BCUT2D eigenvalue weighted by Gasteiger charge is 2.21. The summed E-state index contributed by atoms with van der Waals surface area (Å²) in [6.45, 7) is 4.89. The maximum Gasteiger partial charge on any atom is 0.251 e. The standard InChI is InChI=1S/C22H42N6O4/c1-3-17(2)16-25-21(30)19(13-9-15-24-22(23)27-28(31)32)26-20(29)14-8-7-12-18-10-5-4-6-11-18/h17-19H,3-16H2,1-2H3,(H,25,30)(H,26,29)(H3,23,24,27)/t17?,19-/m0/s1. The summed E-state index contributed by atoms with van der Waals surface area (Å²) in [5, 5.41) is 15.3. The molecule has 1 fully saturated rings. The first-order valence-electron chi connectivity index (χ1n) is 12.1. The largest absolute Gasteiger partial charge is 0.365 e. The molecule has 5 N–H and O–H groups in total. The Kier molecular flexibility index (Phi) is 14.1. The van der Waals surface area contributed by atoms with Gasteiger partial charge in [-0.1, -0.05) is 70.6 Å². The normalized spacial score (nSPS) is 16.8. The number of carbonyl (C=O) groups excluding carboxylic acids is 2. The Morgan fingerprint density at radius 2 is 1.91 bits per heavy atom. The molecule has 10 nitrogen and oxygen atoms in total. The topological polar surface area (TPSA) is 152 Å². The number of nitrogens with two attached hydrogens (primary N) is 1. The minimum Gasteiger partial charge on any atom is -0.365 e. The molecule has 0 spiro atoms. The maximum absolute atomic E-state index is 12.6. The van der Waals surface area contributed by atoms with E-state index in [1.807, 2.05) is 0 Å². The van der Waals surface area contributed by atoms with Crippen LogP contribution in [0.3, 0.4) is 0 Å². The van der Waals surface area contributed by atoms with E-state index in [2.05, 4.69) is 29.5 Å². The second-order valence-corrected chi connectivity index (χ2v) is 8.91. The van der Waals surface area contributed by atoms with Crippen molar-refractivity contribution in [3.63, 3.8) is 0 Å². The van der Waals surface area contributed by atoms with E-state index in [1.54, 1.807) is 5.43 Å². The molecule has 0 aliphatic heterocycles. The third kappa shape index (κ3) is 13.1. The van der Waals surface area contributed by atoms with E-state index in [-0.39, 0.29) is 24.3 Å². The van der Waals surface area contributed by atoms with E-state index in [9.17, 15) is 19.7 Å². The zero-order valence-corrected chi connectivity index (χ0v) is 19.7. The highest BCUT2D eigenvalue weighted by Crippen LogP contribution is 2.27. The van der Waals surface area contributed by atoms with Crippen LogP contribution < -0.4 is 21.8 Å². The van der Waals surface area contributed by atoms with Gasteiger partial charge in [0.25, 0.3) is 5.96 Å². The summed E-state index contributed by atoms with van der Waals surface area (Å²) in [6.07, 6.45) is 11.9. The molecule has 0 aromatic rings. The molecule has 2 amide bonds. The average molecular weight is 455 g/mol. The number of hydrogen-bond donors (Lipinski definition) is 4. The molecule has 0 bridgehead atoms. The van der Waals surface area contributed by atoms with E-state index in [4.69, 9.17) is 5.73 Å². The van der Waals surface area contributed by atoms with Crippen LogP contribution in [-0.2, 0) is 9.59 Å². The highest BCUT2D eigenvalue weighted by molar-refractivity contribution is 5.87. The maximum atomic E-state index is 12.6. The fourth-order valence-corrected chi connectivity index (χ4v) is 3.90. The van der Waals surface area contributed by atoms with Gasteiger partial charge in [-0.25, -0.2) is 15.1 Å². The van der Waals surface area contributed by atoms with E-state index >= 15 is 0 Å². The van der Waals surface area contributed by atoms with E-state index in [0.717, 1.165) is 25.2 Å². The number of aliphatic imine (C=N–C) groups is 1. The van der Waals surface area contributed by atoms with Crippen LogP contribution in [0.1, 0.15) is 90.9 Å². The lowest BCUT2D eigenvalue weighted by Crippen LogP contribution is -2.47. The smallest absolute Gasteiger partial charge is 0.251 e. The average Bonchev–Trinajstić information content (AvgIpc) is 2.77. The van der Waals surface area contributed by atoms with Crippen molar-refractivity contribution in [3.05, 3.63) is 10.1 Å². The lowest BCUT2D eigenvalue weighted by molar-refractivity contribution is -0.525. The molecule has 1 saturated carbocycles. The van der Waals surface area contributed by atoms with Crippen molar-refractivity contribution in [3.8, 4) is 0 Å². The van der Waals surface area contributed by atoms with Crippen molar-refractivity contribution in [2.24, 2.45) is 22.6 Å². The summed E-state index contributed by atoms with van der Waals surface area (Å²) < 4.78 is 0.